The highest BCUT2D eigenvalue weighted by atomic mass is 16.6. The van der Waals surface area contributed by atoms with Gasteiger partial charge in [0.05, 0.1) is 30.6 Å². The molecule has 40 heavy (non-hydrogen) atoms. The summed E-state index contributed by atoms with van der Waals surface area (Å²) in [5.74, 6) is -5.90. The maximum atomic E-state index is 13.4. The SMILES string of the molecule is C=C1C(=O)OC2C=C(C)CCC=C(C(=O)OC)C(OC(=O)CC(C)(C)O)C(OC(=O)C(C)(O)C(C)OC(C)=O)C12. The minimum Gasteiger partial charge on any atom is -0.466 e. The van der Waals surface area contributed by atoms with Gasteiger partial charge in [-0.25, -0.2) is 14.4 Å². The molecule has 1 saturated heterocycles. The Morgan fingerprint density at radius 2 is 1.80 bits per heavy atom. The molecule has 6 unspecified atom stereocenters. The van der Waals surface area contributed by atoms with Crippen molar-refractivity contribution in [2.75, 3.05) is 7.11 Å². The number of carbonyl (C=O) groups is 5. The Bertz CT molecular complexity index is 1110. The summed E-state index contributed by atoms with van der Waals surface area (Å²) in [6, 6.07) is 0. The molecule has 0 radical (unpaired) electrons. The third kappa shape index (κ3) is 8.01. The van der Waals surface area contributed by atoms with Gasteiger partial charge in [-0.1, -0.05) is 18.2 Å². The van der Waals surface area contributed by atoms with E-state index in [1.165, 1.54) is 26.8 Å². The molecule has 0 aromatic carbocycles. The first-order valence-corrected chi connectivity index (χ1v) is 12.8. The van der Waals surface area contributed by atoms with Gasteiger partial charge in [0.25, 0.3) is 0 Å². The summed E-state index contributed by atoms with van der Waals surface area (Å²) in [6.07, 6.45) is -2.38. The molecular formula is C28H38O12. The van der Waals surface area contributed by atoms with E-state index in [1.54, 1.807) is 13.0 Å². The lowest BCUT2D eigenvalue weighted by Gasteiger charge is -2.36. The minimum atomic E-state index is -2.40. The van der Waals surface area contributed by atoms with Gasteiger partial charge in [-0.3, -0.25) is 9.59 Å². The van der Waals surface area contributed by atoms with Gasteiger partial charge in [-0.15, -0.1) is 0 Å². The topological polar surface area (TPSA) is 172 Å². The van der Waals surface area contributed by atoms with Crippen LogP contribution in [0.1, 0.15) is 60.8 Å². The van der Waals surface area contributed by atoms with Gasteiger partial charge in [0.1, 0.15) is 12.2 Å². The first kappa shape index (κ1) is 32.7. The average molecular weight is 567 g/mol. The maximum Gasteiger partial charge on any atom is 0.342 e. The molecule has 12 nitrogen and oxygen atoms in total. The van der Waals surface area contributed by atoms with Gasteiger partial charge in [0, 0.05) is 12.5 Å². The third-order valence-electron chi connectivity index (χ3n) is 6.62. The number of esters is 5. The van der Waals surface area contributed by atoms with Gasteiger partial charge in [0.2, 0.25) is 0 Å². The number of methoxy groups -OCH3 is 1. The number of hydrogen-bond donors (Lipinski definition) is 2. The van der Waals surface area contributed by atoms with Crippen molar-refractivity contribution in [2.24, 2.45) is 5.92 Å². The normalized spacial score (nSPS) is 25.6. The number of carbonyl (C=O) groups excluding carboxylic acids is 5. The molecule has 6 atom stereocenters. The molecule has 1 heterocycles. The second-order valence-corrected chi connectivity index (χ2v) is 10.8. The first-order chi connectivity index (χ1) is 18.4. The quantitative estimate of drug-likeness (QED) is 0.188. The third-order valence-corrected chi connectivity index (χ3v) is 6.62. The Morgan fingerprint density at radius 1 is 1.18 bits per heavy atom. The smallest absolute Gasteiger partial charge is 0.342 e. The van der Waals surface area contributed by atoms with E-state index in [4.69, 9.17) is 23.7 Å². The van der Waals surface area contributed by atoms with Crippen LogP contribution in [-0.2, 0) is 47.7 Å². The van der Waals surface area contributed by atoms with Crippen molar-refractivity contribution in [3.05, 3.63) is 35.5 Å². The molecule has 0 aromatic heterocycles. The highest BCUT2D eigenvalue weighted by Gasteiger charge is 2.53. The Balaban J connectivity index is 2.73. The van der Waals surface area contributed by atoms with E-state index in [9.17, 15) is 34.2 Å². The van der Waals surface area contributed by atoms with Gasteiger partial charge in [-0.2, -0.15) is 0 Å². The largest absolute Gasteiger partial charge is 0.466 e. The number of allylic oxidation sites excluding steroid dienone is 2. The predicted octanol–water partition coefficient (Wildman–Crippen LogP) is 1.61. The van der Waals surface area contributed by atoms with Crippen molar-refractivity contribution >= 4 is 29.8 Å². The van der Waals surface area contributed by atoms with Gasteiger partial charge in [-0.05, 0) is 53.5 Å². The Morgan fingerprint density at radius 3 is 2.35 bits per heavy atom. The highest BCUT2D eigenvalue weighted by molar-refractivity contribution is 5.93. The number of aliphatic hydroxyl groups is 2. The second-order valence-electron chi connectivity index (χ2n) is 10.8. The molecule has 0 spiro atoms. The molecule has 222 valence electrons. The van der Waals surface area contributed by atoms with Crippen molar-refractivity contribution in [3.63, 3.8) is 0 Å². The van der Waals surface area contributed by atoms with E-state index in [-0.39, 0.29) is 17.6 Å². The Hall–Kier alpha value is -3.51. The van der Waals surface area contributed by atoms with E-state index < -0.39 is 77.8 Å². The van der Waals surface area contributed by atoms with Crippen LogP contribution in [0.25, 0.3) is 0 Å². The number of ether oxygens (including phenoxy) is 5. The summed E-state index contributed by atoms with van der Waals surface area (Å²) < 4.78 is 26.8. The van der Waals surface area contributed by atoms with E-state index >= 15 is 0 Å². The summed E-state index contributed by atoms with van der Waals surface area (Å²) in [5, 5.41) is 21.1. The van der Waals surface area contributed by atoms with Crippen molar-refractivity contribution in [1.29, 1.82) is 0 Å². The molecule has 2 rings (SSSR count). The Kier molecular flexibility index (Phi) is 10.4. The Labute approximate surface area is 232 Å². The number of rotatable bonds is 8. The molecule has 0 bridgehead atoms. The summed E-state index contributed by atoms with van der Waals surface area (Å²) in [5.41, 5.74) is -3.43. The van der Waals surface area contributed by atoms with E-state index in [0.717, 1.165) is 26.5 Å². The zero-order valence-corrected chi connectivity index (χ0v) is 23.8. The first-order valence-electron chi connectivity index (χ1n) is 12.8. The fraction of sp³-hybridized carbons (Fsp3) is 0.607. The van der Waals surface area contributed by atoms with E-state index in [1.807, 2.05) is 0 Å². The van der Waals surface area contributed by atoms with Gasteiger partial charge < -0.3 is 33.9 Å². The van der Waals surface area contributed by atoms with Crippen LogP contribution in [0.4, 0.5) is 0 Å². The van der Waals surface area contributed by atoms with Crippen LogP contribution in [0.5, 0.6) is 0 Å². The monoisotopic (exact) mass is 566 g/mol. The summed E-state index contributed by atoms with van der Waals surface area (Å²) in [6.45, 7) is 11.7. The molecule has 1 aliphatic heterocycles. The number of hydrogen-bond acceptors (Lipinski definition) is 12. The molecule has 12 heteroatoms. The molecule has 1 fully saturated rings. The van der Waals surface area contributed by atoms with Gasteiger partial charge >= 0.3 is 29.8 Å². The predicted molar refractivity (Wildman–Crippen MR) is 138 cm³/mol. The lowest BCUT2D eigenvalue weighted by Crippen LogP contribution is -2.53. The van der Waals surface area contributed by atoms with Gasteiger partial charge in [0.15, 0.2) is 17.8 Å². The minimum absolute atomic E-state index is 0.132. The number of fused-ring (bicyclic) bond motifs is 1. The highest BCUT2D eigenvalue weighted by Crippen LogP contribution is 2.38. The van der Waals surface area contributed by atoms with Crippen LogP contribution in [0.3, 0.4) is 0 Å². The van der Waals surface area contributed by atoms with Crippen molar-refractivity contribution in [1.82, 2.24) is 0 Å². The summed E-state index contributed by atoms with van der Waals surface area (Å²) in [4.78, 5) is 63.4. The lowest BCUT2D eigenvalue weighted by atomic mass is 9.83. The average Bonchev–Trinajstić information content (AvgIpc) is 3.09. The standard InChI is InChI=1S/C28H38O12/c1-14-10-9-11-18(25(32)36-8)22(39-20(30)13-27(5,6)34)23(21-15(2)24(31)38-19(21)12-14)40-26(33)28(7,35)16(3)37-17(4)29/h11-12,16,19,21-23,34-35H,2,9-10,13H2,1,3-8H3. The van der Waals surface area contributed by atoms with Crippen LogP contribution in [0.2, 0.25) is 0 Å². The summed E-state index contributed by atoms with van der Waals surface area (Å²) in [7, 11) is 1.11. The van der Waals surface area contributed by atoms with E-state index in [2.05, 4.69) is 6.58 Å². The molecular weight excluding hydrogens is 528 g/mol. The van der Waals surface area contributed by atoms with Crippen LogP contribution in [-0.4, -0.2) is 82.8 Å². The van der Waals surface area contributed by atoms with Crippen LogP contribution >= 0.6 is 0 Å². The lowest BCUT2D eigenvalue weighted by molar-refractivity contribution is -0.197. The summed E-state index contributed by atoms with van der Waals surface area (Å²) >= 11 is 0. The molecule has 0 saturated carbocycles. The zero-order chi connectivity index (χ0) is 30.6. The fourth-order valence-electron chi connectivity index (χ4n) is 4.32. The zero-order valence-electron chi connectivity index (χ0n) is 23.8. The van der Waals surface area contributed by atoms with Crippen molar-refractivity contribution in [3.8, 4) is 0 Å². The molecule has 0 amide bonds. The van der Waals surface area contributed by atoms with Crippen molar-refractivity contribution < 1.29 is 57.9 Å². The molecule has 1 aliphatic carbocycles. The maximum absolute atomic E-state index is 13.4. The van der Waals surface area contributed by atoms with E-state index in [0.29, 0.717) is 6.42 Å². The fourth-order valence-corrected chi connectivity index (χ4v) is 4.32. The second kappa shape index (κ2) is 12.8. The van der Waals surface area contributed by atoms with Crippen LogP contribution in [0, 0.1) is 5.92 Å². The van der Waals surface area contributed by atoms with Crippen molar-refractivity contribution in [2.45, 2.75) is 96.4 Å². The van der Waals surface area contributed by atoms with Crippen LogP contribution in [0.15, 0.2) is 35.5 Å². The molecule has 0 aromatic rings. The molecule has 2 aliphatic rings. The van der Waals surface area contributed by atoms with Crippen LogP contribution < -0.4 is 0 Å². The molecule has 2 N–H and O–H groups in total.